The van der Waals surface area contributed by atoms with Crippen LogP contribution in [0.5, 0.6) is 0 Å². The van der Waals surface area contributed by atoms with Gasteiger partial charge in [0.05, 0.1) is 12.1 Å². The lowest BCUT2D eigenvalue weighted by Crippen LogP contribution is -2.33. The Bertz CT molecular complexity index is 356. The first-order chi connectivity index (χ1) is 7.61. The first kappa shape index (κ1) is 13.4. The number of nitriles is 1. The molecular formula is C10H16N4S2. The van der Waals surface area contributed by atoms with Gasteiger partial charge in [0.25, 0.3) is 0 Å². The smallest absolute Gasteiger partial charge is 0.170 e. The van der Waals surface area contributed by atoms with Crippen LogP contribution in [0.4, 0.5) is 0 Å². The Morgan fingerprint density at radius 2 is 2.31 bits per heavy atom. The molecule has 0 saturated heterocycles. The van der Waals surface area contributed by atoms with Crippen molar-refractivity contribution in [1.29, 1.82) is 5.26 Å². The van der Waals surface area contributed by atoms with Gasteiger partial charge in [0.2, 0.25) is 0 Å². The Morgan fingerprint density at radius 1 is 1.56 bits per heavy atom. The summed E-state index contributed by atoms with van der Waals surface area (Å²) in [4.78, 5) is 4.26. The normalized spacial score (nSPS) is 12.7. The third-order valence-electron chi connectivity index (χ3n) is 1.83. The Kier molecular flexibility index (Phi) is 5.74. The van der Waals surface area contributed by atoms with E-state index in [0.29, 0.717) is 6.04 Å². The highest BCUT2D eigenvalue weighted by molar-refractivity contribution is 8.00. The van der Waals surface area contributed by atoms with Crippen molar-refractivity contribution in [3.05, 3.63) is 5.82 Å². The predicted molar refractivity (Wildman–Crippen MR) is 67.7 cm³/mol. The summed E-state index contributed by atoms with van der Waals surface area (Å²) in [6.45, 7) is 5.98. The van der Waals surface area contributed by atoms with Gasteiger partial charge in [-0.05, 0) is 38.7 Å². The van der Waals surface area contributed by atoms with E-state index in [1.54, 1.807) is 11.8 Å². The molecule has 0 aliphatic carbocycles. The number of nitrogens with one attached hydrogen (secondary N) is 1. The summed E-state index contributed by atoms with van der Waals surface area (Å²) >= 11 is 3.09. The van der Waals surface area contributed by atoms with E-state index in [9.17, 15) is 0 Å². The Morgan fingerprint density at radius 3 is 2.81 bits per heavy atom. The van der Waals surface area contributed by atoms with Crippen molar-refractivity contribution in [3.63, 3.8) is 0 Å². The molecule has 1 rings (SSSR count). The fourth-order valence-corrected chi connectivity index (χ4v) is 2.91. The van der Waals surface area contributed by atoms with Gasteiger partial charge in [0.15, 0.2) is 4.34 Å². The van der Waals surface area contributed by atoms with Crippen LogP contribution in [0.1, 0.15) is 26.1 Å². The van der Waals surface area contributed by atoms with Crippen LogP contribution in [0.3, 0.4) is 0 Å². The van der Waals surface area contributed by atoms with E-state index in [1.165, 1.54) is 11.5 Å². The largest absolute Gasteiger partial charge is 0.300 e. The average molecular weight is 256 g/mol. The molecule has 0 aromatic carbocycles. The minimum absolute atomic E-state index is 0.0680. The third kappa shape index (κ3) is 4.92. The zero-order valence-corrected chi connectivity index (χ0v) is 11.4. The first-order valence-corrected chi connectivity index (χ1v) is 6.96. The van der Waals surface area contributed by atoms with E-state index in [0.717, 1.165) is 22.3 Å². The standard InChI is InChI=1S/C10H16N4S2/c1-7(2)12-9(6-11)4-5-15-10-13-8(3)14-16-10/h7,9,12H,4-5H2,1-3H3. The highest BCUT2D eigenvalue weighted by Crippen LogP contribution is 2.20. The second-order valence-electron chi connectivity index (χ2n) is 3.75. The molecule has 0 fully saturated rings. The highest BCUT2D eigenvalue weighted by Gasteiger charge is 2.09. The number of hydrogen-bond acceptors (Lipinski definition) is 6. The molecule has 1 aromatic rings. The summed E-state index contributed by atoms with van der Waals surface area (Å²) in [5.74, 6) is 1.72. The number of thioether (sulfide) groups is 1. The molecule has 1 unspecified atom stereocenters. The molecule has 1 atom stereocenters. The molecule has 6 heteroatoms. The minimum Gasteiger partial charge on any atom is -0.300 e. The van der Waals surface area contributed by atoms with Crippen LogP contribution in [0.2, 0.25) is 0 Å². The van der Waals surface area contributed by atoms with Gasteiger partial charge < -0.3 is 0 Å². The summed E-state index contributed by atoms with van der Waals surface area (Å²) in [6, 6.07) is 2.55. The van der Waals surface area contributed by atoms with Crippen LogP contribution in [0.15, 0.2) is 4.34 Å². The van der Waals surface area contributed by atoms with Crippen molar-refractivity contribution in [2.75, 3.05) is 5.75 Å². The molecule has 0 spiro atoms. The van der Waals surface area contributed by atoms with E-state index >= 15 is 0 Å². The van der Waals surface area contributed by atoms with Crippen LogP contribution in [-0.2, 0) is 0 Å². The number of aryl methyl sites for hydroxylation is 1. The number of nitrogens with zero attached hydrogens (tertiary/aromatic N) is 3. The Balaban J connectivity index is 2.26. The molecule has 16 heavy (non-hydrogen) atoms. The lowest BCUT2D eigenvalue weighted by Gasteiger charge is -2.13. The van der Waals surface area contributed by atoms with E-state index in [2.05, 4.69) is 20.7 Å². The van der Waals surface area contributed by atoms with Crippen LogP contribution >= 0.6 is 23.3 Å². The number of rotatable bonds is 6. The Labute approximate surface area is 105 Å². The van der Waals surface area contributed by atoms with Crippen molar-refractivity contribution < 1.29 is 0 Å². The Hall–Kier alpha value is -0.640. The second-order valence-corrected chi connectivity index (χ2v) is 5.84. The van der Waals surface area contributed by atoms with Crippen LogP contribution in [0, 0.1) is 18.3 Å². The third-order valence-corrected chi connectivity index (χ3v) is 3.79. The number of aromatic nitrogens is 2. The van der Waals surface area contributed by atoms with Crippen molar-refractivity contribution >= 4 is 23.3 Å². The molecule has 88 valence electrons. The molecule has 4 nitrogen and oxygen atoms in total. The van der Waals surface area contributed by atoms with Crippen molar-refractivity contribution in [1.82, 2.24) is 14.7 Å². The topological polar surface area (TPSA) is 61.6 Å². The first-order valence-electron chi connectivity index (χ1n) is 5.20. The van der Waals surface area contributed by atoms with Crippen molar-refractivity contribution in [3.8, 4) is 6.07 Å². The summed E-state index contributed by atoms with van der Waals surface area (Å²) in [7, 11) is 0. The van der Waals surface area contributed by atoms with E-state index in [1.807, 2.05) is 20.8 Å². The zero-order valence-electron chi connectivity index (χ0n) is 9.73. The molecular weight excluding hydrogens is 240 g/mol. The van der Waals surface area contributed by atoms with E-state index in [-0.39, 0.29) is 6.04 Å². The summed E-state index contributed by atoms with van der Waals surface area (Å²) < 4.78 is 5.10. The summed E-state index contributed by atoms with van der Waals surface area (Å²) in [6.07, 6.45) is 0.831. The fraction of sp³-hybridized carbons (Fsp3) is 0.700. The molecule has 1 N–H and O–H groups in total. The maximum absolute atomic E-state index is 8.93. The summed E-state index contributed by atoms with van der Waals surface area (Å²) in [5.41, 5.74) is 0. The van der Waals surface area contributed by atoms with Gasteiger partial charge in [-0.2, -0.15) is 9.64 Å². The van der Waals surface area contributed by atoms with Gasteiger partial charge in [-0.15, -0.1) is 0 Å². The summed E-state index contributed by atoms with van der Waals surface area (Å²) in [5, 5.41) is 12.1. The molecule has 0 amide bonds. The maximum Gasteiger partial charge on any atom is 0.170 e. The average Bonchev–Trinajstić information content (AvgIpc) is 2.62. The lowest BCUT2D eigenvalue weighted by molar-refractivity contribution is 0.522. The predicted octanol–water partition coefficient (Wildman–Crippen LogP) is 2.22. The van der Waals surface area contributed by atoms with Gasteiger partial charge in [-0.25, -0.2) is 4.98 Å². The van der Waals surface area contributed by atoms with Gasteiger partial charge in [-0.1, -0.05) is 11.8 Å². The monoisotopic (exact) mass is 256 g/mol. The SMILES string of the molecule is Cc1nsc(SCCC(C#N)NC(C)C)n1. The number of hydrogen-bond donors (Lipinski definition) is 1. The van der Waals surface area contributed by atoms with Crippen molar-refractivity contribution in [2.45, 2.75) is 43.6 Å². The molecule has 0 bridgehead atoms. The zero-order chi connectivity index (χ0) is 12.0. The molecule has 0 aliphatic rings. The van der Waals surface area contributed by atoms with Crippen LogP contribution < -0.4 is 5.32 Å². The fourth-order valence-electron chi connectivity index (χ4n) is 1.19. The molecule has 0 aliphatic heterocycles. The quantitative estimate of drug-likeness (QED) is 0.791. The molecule has 0 radical (unpaired) electrons. The van der Waals surface area contributed by atoms with Crippen LogP contribution in [-0.4, -0.2) is 27.2 Å². The second kappa shape index (κ2) is 6.84. The van der Waals surface area contributed by atoms with Gasteiger partial charge in [0, 0.05) is 11.8 Å². The minimum atomic E-state index is -0.0680. The highest BCUT2D eigenvalue weighted by atomic mass is 32.2. The van der Waals surface area contributed by atoms with Gasteiger partial charge in [-0.3, -0.25) is 5.32 Å². The molecule has 1 heterocycles. The molecule has 0 saturated carbocycles. The van der Waals surface area contributed by atoms with Crippen LogP contribution in [0.25, 0.3) is 0 Å². The lowest BCUT2D eigenvalue weighted by atomic mass is 10.2. The van der Waals surface area contributed by atoms with Gasteiger partial charge >= 0.3 is 0 Å². The maximum atomic E-state index is 8.93. The van der Waals surface area contributed by atoms with E-state index in [4.69, 9.17) is 5.26 Å². The van der Waals surface area contributed by atoms with Crippen molar-refractivity contribution in [2.24, 2.45) is 0 Å². The van der Waals surface area contributed by atoms with E-state index < -0.39 is 0 Å². The molecule has 1 aromatic heterocycles. The van der Waals surface area contributed by atoms with Gasteiger partial charge in [0.1, 0.15) is 5.82 Å².